The van der Waals surface area contributed by atoms with Crippen molar-refractivity contribution in [2.24, 2.45) is 0 Å². The van der Waals surface area contributed by atoms with Gasteiger partial charge in [0.1, 0.15) is 5.82 Å². The van der Waals surface area contributed by atoms with Gasteiger partial charge in [0.2, 0.25) is 5.91 Å². The third kappa shape index (κ3) is 4.39. The lowest BCUT2D eigenvalue weighted by molar-refractivity contribution is -0.117. The normalized spacial score (nSPS) is 14.0. The maximum atomic E-state index is 13.0. The first-order valence-corrected chi connectivity index (χ1v) is 7.96. The van der Waals surface area contributed by atoms with Crippen molar-refractivity contribution in [2.75, 3.05) is 11.9 Å². The van der Waals surface area contributed by atoms with Crippen LogP contribution in [0.1, 0.15) is 24.0 Å². The summed E-state index contributed by atoms with van der Waals surface area (Å²) in [6.45, 7) is 3.01. The maximum Gasteiger partial charge on any atom is 0.238 e. The highest BCUT2D eigenvalue weighted by Gasteiger charge is 2.30. The predicted molar refractivity (Wildman–Crippen MR) is 89.6 cm³/mol. The molecule has 1 aliphatic carbocycles. The molecule has 0 radical (unpaired) electrons. The first-order chi connectivity index (χ1) is 11.1. The minimum atomic E-state index is -0.232. The second-order valence-corrected chi connectivity index (χ2v) is 6.13. The Morgan fingerprint density at radius 3 is 2.52 bits per heavy atom. The lowest BCUT2D eigenvalue weighted by atomic mass is 10.2. The summed E-state index contributed by atoms with van der Waals surface area (Å²) in [6, 6.07) is 14.7. The largest absolute Gasteiger partial charge is 0.325 e. The highest BCUT2D eigenvalue weighted by atomic mass is 19.1. The maximum absolute atomic E-state index is 13.0. The minimum Gasteiger partial charge on any atom is -0.325 e. The third-order valence-corrected chi connectivity index (χ3v) is 4.13. The average Bonchev–Trinajstić information content (AvgIpc) is 3.36. The zero-order valence-electron chi connectivity index (χ0n) is 13.3. The van der Waals surface area contributed by atoms with Crippen LogP contribution in [-0.2, 0) is 11.3 Å². The number of rotatable bonds is 6. The highest BCUT2D eigenvalue weighted by molar-refractivity contribution is 5.92. The molecule has 0 spiro atoms. The van der Waals surface area contributed by atoms with Crippen molar-refractivity contribution >= 4 is 11.6 Å². The number of para-hydroxylation sites is 1. The van der Waals surface area contributed by atoms with Crippen LogP contribution in [0.25, 0.3) is 0 Å². The van der Waals surface area contributed by atoms with E-state index in [1.807, 2.05) is 31.2 Å². The van der Waals surface area contributed by atoms with E-state index >= 15 is 0 Å². The summed E-state index contributed by atoms with van der Waals surface area (Å²) in [5.74, 6) is -0.239. The lowest BCUT2D eigenvalue weighted by Crippen LogP contribution is -2.34. The number of benzene rings is 2. The van der Waals surface area contributed by atoms with E-state index in [0.29, 0.717) is 19.1 Å². The number of carbonyl (C=O) groups excluding carboxylic acids is 1. The van der Waals surface area contributed by atoms with Crippen LogP contribution in [0.2, 0.25) is 0 Å². The Kier molecular flexibility index (Phi) is 4.72. The second kappa shape index (κ2) is 6.92. The van der Waals surface area contributed by atoms with Crippen LogP contribution in [-0.4, -0.2) is 23.4 Å². The van der Waals surface area contributed by atoms with Crippen LogP contribution in [0.4, 0.5) is 10.1 Å². The number of anilines is 1. The van der Waals surface area contributed by atoms with Crippen LogP contribution in [0.15, 0.2) is 48.5 Å². The fraction of sp³-hybridized carbons (Fsp3) is 0.316. The van der Waals surface area contributed by atoms with Gasteiger partial charge >= 0.3 is 0 Å². The number of halogens is 1. The molecule has 0 aliphatic heterocycles. The molecule has 1 fully saturated rings. The first kappa shape index (κ1) is 15.7. The van der Waals surface area contributed by atoms with Gasteiger partial charge in [-0.15, -0.1) is 0 Å². The van der Waals surface area contributed by atoms with Gasteiger partial charge in [-0.1, -0.05) is 30.3 Å². The van der Waals surface area contributed by atoms with Crippen molar-refractivity contribution < 1.29 is 9.18 Å². The Labute approximate surface area is 136 Å². The number of carbonyl (C=O) groups is 1. The fourth-order valence-electron chi connectivity index (χ4n) is 2.67. The molecule has 0 atom stereocenters. The van der Waals surface area contributed by atoms with Crippen molar-refractivity contribution in [3.05, 3.63) is 65.5 Å². The van der Waals surface area contributed by atoms with E-state index in [1.54, 1.807) is 12.1 Å². The molecule has 2 aromatic carbocycles. The van der Waals surface area contributed by atoms with Crippen molar-refractivity contribution in [1.82, 2.24) is 4.90 Å². The molecule has 0 unspecified atom stereocenters. The van der Waals surface area contributed by atoms with E-state index in [4.69, 9.17) is 0 Å². The van der Waals surface area contributed by atoms with Crippen LogP contribution < -0.4 is 5.32 Å². The quantitative estimate of drug-likeness (QED) is 0.881. The van der Waals surface area contributed by atoms with Gasteiger partial charge < -0.3 is 5.32 Å². The molecule has 23 heavy (non-hydrogen) atoms. The van der Waals surface area contributed by atoms with Crippen LogP contribution in [0.5, 0.6) is 0 Å². The van der Waals surface area contributed by atoms with Gasteiger partial charge in [0.25, 0.3) is 0 Å². The topological polar surface area (TPSA) is 32.3 Å². The molecule has 1 N–H and O–H groups in total. The van der Waals surface area contributed by atoms with Gasteiger partial charge in [-0.25, -0.2) is 4.39 Å². The zero-order valence-corrected chi connectivity index (χ0v) is 13.3. The smallest absolute Gasteiger partial charge is 0.238 e. The number of hydrogen-bond donors (Lipinski definition) is 1. The Morgan fingerprint density at radius 1 is 1.17 bits per heavy atom. The Bertz CT molecular complexity index is 680. The van der Waals surface area contributed by atoms with Crippen LogP contribution in [0, 0.1) is 12.7 Å². The van der Waals surface area contributed by atoms with Gasteiger partial charge in [0.15, 0.2) is 0 Å². The Hall–Kier alpha value is -2.20. The molecular weight excluding hydrogens is 291 g/mol. The zero-order chi connectivity index (χ0) is 16.2. The number of aryl methyl sites for hydroxylation is 1. The molecular formula is C19H21FN2O. The summed E-state index contributed by atoms with van der Waals surface area (Å²) in [6.07, 6.45) is 2.25. The Morgan fingerprint density at radius 2 is 1.87 bits per heavy atom. The molecule has 2 aromatic rings. The number of amides is 1. The van der Waals surface area contributed by atoms with Crippen molar-refractivity contribution in [3.63, 3.8) is 0 Å². The van der Waals surface area contributed by atoms with E-state index in [0.717, 1.165) is 29.7 Å². The molecule has 0 heterocycles. The summed E-state index contributed by atoms with van der Waals surface area (Å²) in [5, 5.41) is 2.98. The molecule has 1 amide bonds. The molecule has 120 valence electrons. The molecule has 1 aliphatic rings. The van der Waals surface area contributed by atoms with Gasteiger partial charge in [0.05, 0.1) is 6.54 Å². The molecule has 0 saturated heterocycles. The number of nitrogens with zero attached hydrogens (tertiary/aromatic N) is 1. The SMILES string of the molecule is Cc1ccccc1NC(=O)CN(Cc1ccc(F)cc1)C1CC1. The van der Waals surface area contributed by atoms with Crippen LogP contribution >= 0.6 is 0 Å². The average molecular weight is 312 g/mol. The molecule has 4 heteroatoms. The minimum absolute atomic E-state index is 0.00619. The summed E-state index contributed by atoms with van der Waals surface area (Å²) >= 11 is 0. The van der Waals surface area contributed by atoms with Crippen molar-refractivity contribution in [2.45, 2.75) is 32.4 Å². The van der Waals surface area contributed by atoms with Gasteiger partial charge in [-0.3, -0.25) is 9.69 Å². The molecule has 3 rings (SSSR count). The Balaban J connectivity index is 1.62. The van der Waals surface area contributed by atoms with E-state index < -0.39 is 0 Å². The summed E-state index contributed by atoms with van der Waals surface area (Å²) in [5.41, 5.74) is 2.94. The first-order valence-electron chi connectivity index (χ1n) is 7.96. The van der Waals surface area contributed by atoms with Crippen molar-refractivity contribution in [1.29, 1.82) is 0 Å². The van der Waals surface area contributed by atoms with Crippen LogP contribution in [0.3, 0.4) is 0 Å². The standard InChI is InChI=1S/C19H21FN2O/c1-14-4-2-3-5-18(14)21-19(23)13-22(17-10-11-17)12-15-6-8-16(20)9-7-15/h2-9,17H,10-13H2,1H3,(H,21,23). The lowest BCUT2D eigenvalue weighted by Gasteiger charge is -2.21. The number of hydrogen-bond acceptors (Lipinski definition) is 2. The van der Waals surface area contributed by atoms with Gasteiger partial charge in [-0.05, 0) is 49.1 Å². The number of nitrogens with one attached hydrogen (secondary N) is 1. The van der Waals surface area contributed by atoms with E-state index in [9.17, 15) is 9.18 Å². The highest BCUT2D eigenvalue weighted by Crippen LogP contribution is 2.28. The van der Waals surface area contributed by atoms with E-state index in [-0.39, 0.29) is 11.7 Å². The third-order valence-electron chi connectivity index (χ3n) is 4.13. The molecule has 0 bridgehead atoms. The summed E-state index contributed by atoms with van der Waals surface area (Å²) < 4.78 is 13.0. The summed E-state index contributed by atoms with van der Waals surface area (Å²) in [4.78, 5) is 14.5. The summed E-state index contributed by atoms with van der Waals surface area (Å²) in [7, 11) is 0. The second-order valence-electron chi connectivity index (χ2n) is 6.13. The van der Waals surface area contributed by atoms with E-state index in [1.165, 1.54) is 12.1 Å². The van der Waals surface area contributed by atoms with Crippen molar-refractivity contribution in [3.8, 4) is 0 Å². The molecule has 1 saturated carbocycles. The molecule has 3 nitrogen and oxygen atoms in total. The predicted octanol–water partition coefficient (Wildman–Crippen LogP) is 3.74. The van der Waals surface area contributed by atoms with Gasteiger partial charge in [-0.2, -0.15) is 0 Å². The van der Waals surface area contributed by atoms with E-state index in [2.05, 4.69) is 10.2 Å². The molecule has 0 aromatic heterocycles. The fourth-order valence-corrected chi connectivity index (χ4v) is 2.67. The monoisotopic (exact) mass is 312 g/mol. The van der Waals surface area contributed by atoms with Gasteiger partial charge in [0, 0.05) is 18.3 Å².